The van der Waals surface area contributed by atoms with Gasteiger partial charge in [0, 0.05) is 6.04 Å². The van der Waals surface area contributed by atoms with E-state index in [9.17, 15) is 4.79 Å². The van der Waals surface area contributed by atoms with Crippen LogP contribution in [0.2, 0.25) is 0 Å². The highest BCUT2D eigenvalue weighted by atomic mass is 16.4. The maximum absolute atomic E-state index is 10.5. The maximum atomic E-state index is 10.5. The van der Waals surface area contributed by atoms with Crippen LogP contribution in [-0.2, 0) is 11.2 Å². The lowest BCUT2D eigenvalue weighted by molar-refractivity contribution is -0.136. The highest BCUT2D eigenvalue weighted by Gasteiger charge is 2.15. The number of rotatable bonds is 3. The zero-order valence-corrected chi connectivity index (χ0v) is 8.57. The van der Waals surface area contributed by atoms with Gasteiger partial charge >= 0.3 is 5.97 Å². The molecule has 1 heterocycles. The van der Waals surface area contributed by atoms with E-state index < -0.39 is 5.97 Å². The van der Waals surface area contributed by atoms with Gasteiger partial charge in [0.05, 0.1) is 6.42 Å². The smallest absolute Gasteiger partial charge is 0.307 e. The summed E-state index contributed by atoms with van der Waals surface area (Å²) in [5.74, 6) is -0.776. The molecule has 3 nitrogen and oxygen atoms in total. The van der Waals surface area contributed by atoms with E-state index in [4.69, 9.17) is 5.11 Å². The predicted octanol–water partition coefficient (Wildman–Crippen LogP) is 1.74. The normalized spacial score (nSPS) is 20.4. The Balaban J connectivity index is 2.06. The summed E-state index contributed by atoms with van der Waals surface area (Å²) in [6.07, 6.45) is 2.51. The molecule has 3 heteroatoms. The largest absolute Gasteiger partial charge is 0.481 e. The van der Waals surface area contributed by atoms with Crippen molar-refractivity contribution in [3.8, 4) is 0 Å². The number of hydrogen-bond donors (Lipinski definition) is 2. The van der Waals surface area contributed by atoms with Crippen LogP contribution >= 0.6 is 0 Å². The molecular weight excluding hydrogens is 190 g/mol. The molecular formula is C12H15NO2. The number of carboxylic acids is 1. The van der Waals surface area contributed by atoms with Crippen molar-refractivity contribution >= 4 is 5.97 Å². The van der Waals surface area contributed by atoms with E-state index in [0.717, 1.165) is 12.1 Å². The van der Waals surface area contributed by atoms with Crippen LogP contribution in [0.15, 0.2) is 24.3 Å². The van der Waals surface area contributed by atoms with Crippen LogP contribution in [0.1, 0.15) is 30.0 Å². The van der Waals surface area contributed by atoms with Crippen molar-refractivity contribution in [2.45, 2.75) is 25.3 Å². The van der Waals surface area contributed by atoms with E-state index in [-0.39, 0.29) is 6.42 Å². The molecule has 2 N–H and O–H groups in total. The van der Waals surface area contributed by atoms with Gasteiger partial charge in [0.1, 0.15) is 0 Å². The summed E-state index contributed by atoms with van der Waals surface area (Å²) in [4.78, 5) is 10.5. The third kappa shape index (κ3) is 2.57. The van der Waals surface area contributed by atoms with Crippen molar-refractivity contribution in [1.29, 1.82) is 0 Å². The molecule has 1 saturated heterocycles. The summed E-state index contributed by atoms with van der Waals surface area (Å²) in [6, 6.07) is 8.33. The number of nitrogens with one attached hydrogen (secondary N) is 1. The summed E-state index contributed by atoms with van der Waals surface area (Å²) in [5.41, 5.74) is 2.13. The molecule has 1 aliphatic heterocycles. The molecule has 0 aliphatic carbocycles. The first kappa shape index (κ1) is 10.2. The van der Waals surface area contributed by atoms with Gasteiger partial charge in [-0.2, -0.15) is 0 Å². The lowest BCUT2D eigenvalue weighted by Crippen LogP contribution is -2.12. The van der Waals surface area contributed by atoms with Crippen molar-refractivity contribution in [3.63, 3.8) is 0 Å². The molecule has 0 radical (unpaired) electrons. The molecule has 15 heavy (non-hydrogen) atoms. The molecule has 0 amide bonds. The third-order valence-electron chi connectivity index (χ3n) is 2.80. The Morgan fingerprint density at radius 2 is 2.13 bits per heavy atom. The summed E-state index contributed by atoms with van der Waals surface area (Å²) in [6.45, 7) is 1.08. The molecule has 0 unspecified atom stereocenters. The predicted molar refractivity (Wildman–Crippen MR) is 57.8 cm³/mol. The van der Waals surface area contributed by atoms with E-state index in [0.29, 0.717) is 6.04 Å². The Kier molecular flexibility index (Phi) is 3.02. The number of benzene rings is 1. The summed E-state index contributed by atoms with van der Waals surface area (Å²) < 4.78 is 0. The third-order valence-corrected chi connectivity index (χ3v) is 2.80. The van der Waals surface area contributed by atoms with E-state index in [1.165, 1.54) is 18.4 Å². The number of hydrogen-bond acceptors (Lipinski definition) is 2. The second kappa shape index (κ2) is 4.45. The Morgan fingerprint density at radius 3 is 2.67 bits per heavy atom. The van der Waals surface area contributed by atoms with Crippen LogP contribution in [0, 0.1) is 0 Å². The minimum absolute atomic E-state index is 0.109. The summed E-state index contributed by atoms with van der Waals surface area (Å²) in [5, 5.41) is 12.1. The second-order valence-corrected chi connectivity index (χ2v) is 3.96. The zero-order valence-electron chi connectivity index (χ0n) is 8.57. The van der Waals surface area contributed by atoms with E-state index in [1.54, 1.807) is 0 Å². The second-order valence-electron chi connectivity index (χ2n) is 3.96. The molecule has 0 saturated carbocycles. The van der Waals surface area contributed by atoms with E-state index in [1.807, 2.05) is 24.3 Å². The SMILES string of the molecule is O=C(O)Cc1ccc([C@H]2CCCN2)cc1. The monoisotopic (exact) mass is 205 g/mol. The van der Waals surface area contributed by atoms with Gasteiger partial charge in [-0.1, -0.05) is 24.3 Å². The van der Waals surface area contributed by atoms with E-state index >= 15 is 0 Å². The fourth-order valence-electron chi connectivity index (χ4n) is 2.01. The van der Waals surface area contributed by atoms with Crippen LogP contribution in [-0.4, -0.2) is 17.6 Å². The topological polar surface area (TPSA) is 49.3 Å². The lowest BCUT2D eigenvalue weighted by Gasteiger charge is -2.10. The van der Waals surface area contributed by atoms with Gasteiger partial charge in [0.2, 0.25) is 0 Å². The van der Waals surface area contributed by atoms with Crippen molar-refractivity contribution in [3.05, 3.63) is 35.4 Å². The summed E-state index contributed by atoms with van der Waals surface area (Å²) >= 11 is 0. The summed E-state index contributed by atoms with van der Waals surface area (Å²) in [7, 11) is 0. The number of aliphatic carboxylic acids is 1. The maximum Gasteiger partial charge on any atom is 0.307 e. The zero-order chi connectivity index (χ0) is 10.7. The van der Waals surface area contributed by atoms with Crippen molar-refractivity contribution < 1.29 is 9.90 Å². The molecule has 80 valence electrons. The Hall–Kier alpha value is -1.35. The van der Waals surface area contributed by atoms with Crippen molar-refractivity contribution in [1.82, 2.24) is 5.32 Å². The quantitative estimate of drug-likeness (QED) is 0.790. The molecule has 1 aromatic rings. The van der Waals surface area contributed by atoms with Crippen LogP contribution in [0.4, 0.5) is 0 Å². The molecule has 0 aromatic heterocycles. The average molecular weight is 205 g/mol. The molecule has 1 fully saturated rings. The van der Waals surface area contributed by atoms with Crippen LogP contribution < -0.4 is 5.32 Å². The van der Waals surface area contributed by atoms with Crippen molar-refractivity contribution in [2.24, 2.45) is 0 Å². The van der Waals surface area contributed by atoms with Gasteiger partial charge in [0.15, 0.2) is 0 Å². The molecule has 0 spiro atoms. The molecule has 1 aliphatic rings. The lowest BCUT2D eigenvalue weighted by atomic mass is 10.0. The average Bonchev–Trinajstić information content (AvgIpc) is 2.71. The van der Waals surface area contributed by atoms with Crippen molar-refractivity contribution in [2.75, 3.05) is 6.54 Å². The molecule has 1 aromatic carbocycles. The minimum Gasteiger partial charge on any atom is -0.481 e. The first-order valence-electron chi connectivity index (χ1n) is 5.30. The fraction of sp³-hybridized carbons (Fsp3) is 0.417. The Bertz CT molecular complexity index is 339. The molecule has 0 bridgehead atoms. The first-order chi connectivity index (χ1) is 7.25. The van der Waals surface area contributed by atoms with Crippen LogP contribution in [0.5, 0.6) is 0 Å². The van der Waals surface area contributed by atoms with Crippen LogP contribution in [0.25, 0.3) is 0 Å². The molecule has 1 atom stereocenters. The van der Waals surface area contributed by atoms with Gasteiger partial charge in [-0.05, 0) is 30.5 Å². The Labute approximate surface area is 89.1 Å². The fourth-order valence-corrected chi connectivity index (χ4v) is 2.01. The molecule has 2 rings (SSSR count). The minimum atomic E-state index is -0.776. The van der Waals surface area contributed by atoms with Crippen LogP contribution in [0.3, 0.4) is 0 Å². The van der Waals surface area contributed by atoms with Gasteiger partial charge in [0.25, 0.3) is 0 Å². The number of carboxylic acid groups (broad SMARTS) is 1. The highest BCUT2D eigenvalue weighted by Crippen LogP contribution is 2.23. The van der Waals surface area contributed by atoms with E-state index in [2.05, 4.69) is 5.32 Å². The van der Waals surface area contributed by atoms with Gasteiger partial charge in [-0.25, -0.2) is 0 Å². The van der Waals surface area contributed by atoms with Gasteiger partial charge in [-0.3, -0.25) is 4.79 Å². The first-order valence-corrected chi connectivity index (χ1v) is 5.30. The number of carbonyl (C=O) groups is 1. The standard InChI is InChI=1S/C12H15NO2/c14-12(15)8-9-3-5-10(6-4-9)11-2-1-7-13-11/h3-6,11,13H,1-2,7-8H2,(H,14,15)/t11-/m1/s1. The van der Waals surface area contributed by atoms with Gasteiger partial charge in [-0.15, -0.1) is 0 Å². The highest BCUT2D eigenvalue weighted by molar-refractivity contribution is 5.70. The Morgan fingerprint density at radius 1 is 1.40 bits per heavy atom. The van der Waals surface area contributed by atoms with Gasteiger partial charge < -0.3 is 10.4 Å².